The van der Waals surface area contributed by atoms with Crippen LogP contribution in [-0.4, -0.2) is 44.2 Å². The van der Waals surface area contributed by atoms with Gasteiger partial charge in [0.05, 0.1) is 35.5 Å². The van der Waals surface area contributed by atoms with Crippen molar-refractivity contribution < 1.29 is 18.8 Å². The van der Waals surface area contributed by atoms with Crippen LogP contribution in [0.5, 0.6) is 0 Å². The van der Waals surface area contributed by atoms with Crippen molar-refractivity contribution >= 4 is 23.4 Å². The summed E-state index contributed by atoms with van der Waals surface area (Å²) in [6.45, 7) is 3.78. The Bertz CT molecular complexity index is 952. The van der Waals surface area contributed by atoms with Crippen LogP contribution in [0.2, 0.25) is 0 Å². The van der Waals surface area contributed by atoms with Crippen LogP contribution in [0.3, 0.4) is 0 Å². The van der Waals surface area contributed by atoms with Crippen molar-refractivity contribution in [2.75, 3.05) is 11.4 Å². The smallest absolute Gasteiger partial charge is 0.261 e. The summed E-state index contributed by atoms with van der Waals surface area (Å²) in [6.07, 6.45) is 3.65. The van der Waals surface area contributed by atoms with Gasteiger partial charge in [-0.3, -0.25) is 14.4 Å². The maximum absolute atomic E-state index is 15.8. The van der Waals surface area contributed by atoms with Gasteiger partial charge in [-0.05, 0) is 32.8 Å². The second kappa shape index (κ2) is 7.81. The van der Waals surface area contributed by atoms with Crippen LogP contribution >= 0.6 is 0 Å². The molecule has 11 heteroatoms. The predicted octanol–water partition coefficient (Wildman–Crippen LogP) is 0.802. The third kappa shape index (κ3) is 3.40. The van der Waals surface area contributed by atoms with Crippen molar-refractivity contribution in [3.63, 3.8) is 0 Å². The summed E-state index contributed by atoms with van der Waals surface area (Å²) in [5.74, 6) is -4.02. The van der Waals surface area contributed by atoms with Gasteiger partial charge in [-0.15, -0.1) is 0 Å². The molecule has 0 spiro atoms. The molecule has 2 heterocycles. The van der Waals surface area contributed by atoms with E-state index in [-0.39, 0.29) is 37.2 Å². The monoisotopic (exact) mass is 417 g/mol. The molecule has 10 nitrogen and oxygen atoms in total. The highest BCUT2D eigenvalue weighted by atomic mass is 19.1. The molecule has 3 rings (SSSR count). The first-order chi connectivity index (χ1) is 14.2. The molecule has 0 aliphatic heterocycles. The van der Waals surface area contributed by atoms with Gasteiger partial charge in [0, 0.05) is 19.4 Å². The number of hydrogen-bond acceptors (Lipinski definition) is 6. The predicted molar refractivity (Wildman–Crippen MR) is 105 cm³/mol. The highest BCUT2D eigenvalue weighted by Crippen LogP contribution is 2.45. The topological polar surface area (TPSA) is 150 Å². The zero-order valence-corrected chi connectivity index (χ0v) is 16.8. The van der Waals surface area contributed by atoms with E-state index in [0.717, 1.165) is 4.68 Å². The summed E-state index contributed by atoms with van der Waals surface area (Å²) < 4.78 is 16.9. The Kier molecular flexibility index (Phi) is 5.55. The van der Waals surface area contributed by atoms with Crippen LogP contribution in [0.1, 0.15) is 48.7 Å². The fraction of sp³-hybridized carbons (Fsp3) is 0.474. The summed E-state index contributed by atoms with van der Waals surface area (Å²) in [5, 5.41) is 11.6. The van der Waals surface area contributed by atoms with Gasteiger partial charge in [0.25, 0.3) is 5.91 Å². The molecular weight excluding hydrogens is 393 g/mol. The van der Waals surface area contributed by atoms with Gasteiger partial charge in [0.1, 0.15) is 5.41 Å². The highest BCUT2D eigenvalue weighted by molar-refractivity contribution is 6.06. The van der Waals surface area contributed by atoms with E-state index < -0.39 is 23.0 Å². The third-order valence-electron chi connectivity index (χ3n) is 5.87. The molecule has 0 bridgehead atoms. The largest absolute Gasteiger partial charge is 0.369 e. The van der Waals surface area contributed by atoms with Crippen molar-refractivity contribution in [1.29, 1.82) is 0 Å². The lowest BCUT2D eigenvalue weighted by Gasteiger charge is -2.39. The standard InChI is InChI=1S/C19H24FN7O3/c1-3-26(13-4-9-23-24-10-13)15(28)14-11-25-27(12(14)2)19(20)7-5-18(6-8-19,16(21)29)17(22)30/h4,9-11H,3,5-8H2,1-2H3,(H2,21,29)(H2,22,30). The fourth-order valence-corrected chi connectivity index (χ4v) is 3.94. The molecule has 0 atom stereocenters. The van der Waals surface area contributed by atoms with E-state index in [1.165, 1.54) is 23.5 Å². The molecule has 30 heavy (non-hydrogen) atoms. The van der Waals surface area contributed by atoms with Crippen LogP contribution in [0, 0.1) is 12.3 Å². The Hall–Kier alpha value is -3.37. The van der Waals surface area contributed by atoms with Gasteiger partial charge in [0.15, 0.2) is 0 Å². The number of aromatic nitrogens is 4. The molecule has 0 radical (unpaired) electrons. The first-order valence-electron chi connectivity index (χ1n) is 9.58. The molecule has 0 unspecified atom stereocenters. The van der Waals surface area contributed by atoms with Crippen molar-refractivity contribution in [3.8, 4) is 0 Å². The number of carbonyl (C=O) groups excluding carboxylic acids is 3. The zero-order valence-electron chi connectivity index (χ0n) is 16.8. The number of amides is 3. The number of halogens is 1. The van der Waals surface area contributed by atoms with Crippen LogP contribution < -0.4 is 16.4 Å². The first-order valence-corrected chi connectivity index (χ1v) is 9.58. The molecule has 2 aromatic rings. The van der Waals surface area contributed by atoms with E-state index in [2.05, 4.69) is 15.3 Å². The highest BCUT2D eigenvalue weighted by Gasteiger charge is 2.52. The molecule has 0 saturated heterocycles. The minimum Gasteiger partial charge on any atom is -0.369 e. The lowest BCUT2D eigenvalue weighted by atomic mass is 9.70. The van der Waals surface area contributed by atoms with Gasteiger partial charge in [-0.25, -0.2) is 9.07 Å². The Morgan fingerprint density at radius 3 is 2.27 bits per heavy atom. The fourth-order valence-electron chi connectivity index (χ4n) is 3.94. The van der Waals surface area contributed by atoms with Crippen LogP contribution in [0.15, 0.2) is 24.7 Å². The molecule has 2 aromatic heterocycles. The minimum absolute atomic E-state index is 0.124. The molecule has 160 valence electrons. The van der Waals surface area contributed by atoms with Crippen molar-refractivity contribution in [2.45, 2.75) is 45.3 Å². The second-order valence-electron chi connectivity index (χ2n) is 7.43. The maximum atomic E-state index is 15.8. The number of rotatable bonds is 6. The van der Waals surface area contributed by atoms with Crippen LogP contribution in [0.4, 0.5) is 10.1 Å². The lowest BCUT2D eigenvalue weighted by molar-refractivity contribution is -0.146. The Morgan fingerprint density at radius 2 is 1.77 bits per heavy atom. The zero-order chi connectivity index (χ0) is 22.1. The minimum atomic E-state index is -1.97. The molecule has 1 fully saturated rings. The summed E-state index contributed by atoms with van der Waals surface area (Å²) in [5.41, 5.74) is 10.3. The van der Waals surface area contributed by atoms with Gasteiger partial charge in [0.2, 0.25) is 17.6 Å². The average molecular weight is 417 g/mol. The van der Waals surface area contributed by atoms with E-state index in [0.29, 0.717) is 17.9 Å². The van der Waals surface area contributed by atoms with Crippen molar-refractivity contribution in [3.05, 3.63) is 35.9 Å². The second-order valence-corrected chi connectivity index (χ2v) is 7.43. The van der Waals surface area contributed by atoms with Crippen LogP contribution in [0.25, 0.3) is 0 Å². The van der Waals surface area contributed by atoms with Crippen LogP contribution in [-0.2, 0) is 15.4 Å². The van der Waals surface area contributed by atoms with E-state index in [4.69, 9.17) is 11.5 Å². The van der Waals surface area contributed by atoms with E-state index in [9.17, 15) is 14.4 Å². The molecule has 0 aromatic carbocycles. The molecule has 1 saturated carbocycles. The summed E-state index contributed by atoms with van der Waals surface area (Å²) in [6, 6.07) is 1.65. The van der Waals surface area contributed by atoms with E-state index in [1.54, 1.807) is 13.0 Å². The maximum Gasteiger partial charge on any atom is 0.261 e. The summed E-state index contributed by atoms with van der Waals surface area (Å²) in [4.78, 5) is 38.1. The van der Waals surface area contributed by atoms with Crippen molar-refractivity contribution in [1.82, 2.24) is 20.0 Å². The quantitative estimate of drug-likeness (QED) is 0.664. The number of alkyl halides is 1. The van der Waals surface area contributed by atoms with Gasteiger partial charge in [-0.2, -0.15) is 15.3 Å². The molecule has 3 amide bonds. The third-order valence-corrected chi connectivity index (χ3v) is 5.87. The van der Waals surface area contributed by atoms with Crippen molar-refractivity contribution in [2.24, 2.45) is 16.9 Å². The average Bonchev–Trinajstić information content (AvgIpc) is 3.11. The number of anilines is 1. The molecule has 1 aliphatic rings. The first kappa shape index (κ1) is 21.3. The normalized spacial score (nSPS) is 17.3. The summed E-state index contributed by atoms with van der Waals surface area (Å²) >= 11 is 0. The van der Waals surface area contributed by atoms with Gasteiger partial charge in [-0.1, -0.05) is 0 Å². The number of primary amides is 2. The van der Waals surface area contributed by atoms with Gasteiger partial charge < -0.3 is 16.4 Å². The van der Waals surface area contributed by atoms with Gasteiger partial charge >= 0.3 is 0 Å². The molecular formula is C19H24FN7O3. The molecule has 1 aliphatic carbocycles. The molecule has 4 N–H and O–H groups in total. The Labute approximate surface area is 172 Å². The number of nitrogens with zero attached hydrogens (tertiary/aromatic N) is 5. The SMILES string of the molecule is CCN(C(=O)c1cnn(C2(F)CCC(C(N)=O)(C(N)=O)CC2)c1C)c1ccnnc1. The Balaban J connectivity index is 1.87. The number of nitrogens with two attached hydrogens (primary N) is 2. The lowest BCUT2D eigenvalue weighted by Crippen LogP contribution is -2.52. The summed E-state index contributed by atoms with van der Waals surface area (Å²) in [7, 11) is 0. The number of hydrogen-bond donors (Lipinski definition) is 2. The van der Waals surface area contributed by atoms with E-state index >= 15 is 4.39 Å². The number of carbonyl (C=O) groups is 3. The van der Waals surface area contributed by atoms with E-state index in [1.807, 2.05) is 6.92 Å². The Morgan fingerprint density at radius 1 is 1.13 bits per heavy atom.